The number of halogens is 2. The van der Waals surface area contributed by atoms with E-state index >= 15 is 0 Å². The van der Waals surface area contributed by atoms with Crippen LogP contribution in [0, 0.1) is 24.5 Å². The summed E-state index contributed by atoms with van der Waals surface area (Å²) < 4.78 is 26.5. The van der Waals surface area contributed by atoms with Gasteiger partial charge in [-0.15, -0.1) is 0 Å². The number of likely N-dealkylation sites (tertiary alicyclic amines) is 1. The maximum absolute atomic E-state index is 13.3. The van der Waals surface area contributed by atoms with Gasteiger partial charge < -0.3 is 10.2 Å². The lowest BCUT2D eigenvalue weighted by Gasteiger charge is -2.33. The van der Waals surface area contributed by atoms with Crippen molar-refractivity contribution in [1.29, 1.82) is 0 Å². The van der Waals surface area contributed by atoms with Gasteiger partial charge in [0.1, 0.15) is 11.6 Å². The van der Waals surface area contributed by atoms with Gasteiger partial charge in [0.05, 0.1) is 0 Å². The quantitative estimate of drug-likeness (QED) is 0.608. The van der Waals surface area contributed by atoms with Crippen LogP contribution in [0.4, 0.5) is 8.78 Å². The average molecular weight is 439 g/mol. The minimum absolute atomic E-state index is 0.173. The molecule has 170 valence electrons. The minimum atomic E-state index is -0.647. The molecule has 1 amide bonds. The number of carbonyl (C=O) groups excluding carboxylic acids is 1. The molecular formula is C27H32F2N2O. The topological polar surface area (TPSA) is 32.3 Å². The average Bonchev–Trinajstić information content (AvgIpc) is 3.19. The first-order valence-corrected chi connectivity index (χ1v) is 11.7. The van der Waals surface area contributed by atoms with Gasteiger partial charge in [0.2, 0.25) is 5.91 Å². The van der Waals surface area contributed by atoms with E-state index < -0.39 is 11.6 Å². The van der Waals surface area contributed by atoms with Gasteiger partial charge >= 0.3 is 0 Å². The largest absolute Gasteiger partial charge is 0.350 e. The third kappa shape index (κ3) is 6.26. The van der Waals surface area contributed by atoms with E-state index in [0.29, 0.717) is 17.4 Å². The molecule has 0 aromatic heterocycles. The highest BCUT2D eigenvalue weighted by molar-refractivity contribution is 5.91. The van der Waals surface area contributed by atoms with Crippen molar-refractivity contribution in [3.05, 3.63) is 76.9 Å². The molecular weight excluding hydrogens is 406 g/mol. The molecule has 0 spiro atoms. The van der Waals surface area contributed by atoms with Crippen molar-refractivity contribution in [3.8, 4) is 0 Å². The van der Waals surface area contributed by atoms with Crippen LogP contribution in [0.3, 0.4) is 0 Å². The molecule has 3 nitrogen and oxygen atoms in total. The van der Waals surface area contributed by atoms with E-state index in [2.05, 4.69) is 41.4 Å². The Morgan fingerprint density at radius 2 is 1.72 bits per heavy atom. The second-order valence-corrected chi connectivity index (χ2v) is 9.41. The third-order valence-electron chi connectivity index (χ3n) is 6.85. The fraction of sp³-hybridized carbons (Fsp3) is 0.444. The molecule has 2 fully saturated rings. The smallest absolute Gasteiger partial charge is 0.244 e. The van der Waals surface area contributed by atoms with E-state index in [9.17, 15) is 13.6 Å². The molecule has 2 atom stereocenters. The molecule has 0 unspecified atom stereocenters. The van der Waals surface area contributed by atoms with Crippen LogP contribution in [0.5, 0.6) is 0 Å². The monoisotopic (exact) mass is 438 g/mol. The van der Waals surface area contributed by atoms with Crippen LogP contribution < -0.4 is 5.32 Å². The lowest BCUT2D eigenvalue weighted by atomic mass is 9.88. The number of carbonyl (C=O) groups is 1. The van der Waals surface area contributed by atoms with E-state index in [1.54, 1.807) is 0 Å². The van der Waals surface area contributed by atoms with Crippen molar-refractivity contribution in [2.75, 3.05) is 19.6 Å². The van der Waals surface area contributed by atoms with Crippen LogP contribution in [-0.4, -0.2) is 36.5 Å². The van der Waals surface area contributed by atoms with Crippen LogP contribution in [0.2, 0.25) is 0 Å². The number of nitrogens with one attached hydrogen (secondary N) is 1. The van der Waals surface area contributed by atoms with Crippen LogP contribution in [0.25, 0.3) is 6.08 Å². The van der Waals surface area contributed by atoms with Crippen molar-refractivity contribution in [2.45, 2.75) is 51.0 Å². The van der Waals surface area contributed by atoms with E-state index in [-0.39, 0.29) is 11.9 Å². The number of aryl methyl sites for hydroxylation is 1. The number of hydrogen-bond donors (Lipinski definition) is 1. The zero-order chi connectivity index (χ0) is 22.5. The van der Waals surface area contributed by atoms with Crippen LogP contribution >= 0.6 is 0 Å². The highest BCUT2D eigenvalue weighted by Crippen LogP contribution is 2.31. The summed E-state index contributed by atoms with van der Waals surface area (Å²) in [6, 6.07) is 12.4. The highest BCUT2D eigenvalue weighted by atomic mass is 19.1. The number of piperidine rings is 1. The number of rotatable bonds is 6. The third-order valence-corrected chi connectivity index (χ3v) is 6.85. The normalized spacial score (nSPS) is 22.5. The van der Waals surface area contributed by atoms with Gasteiger partial charge in [0.15, 0.2) is 0 Å². The maximum Gasteiger partial charge on any atom is 0.244 e. The van der Waals surface area contributed by atoms with Crippen molar-refractivity contribution in [3.63, 3.8) is 0 Å². The van der Waals surface area contributed by atoms with Crippen molar-refractivity contribution in [2.24, 2.45) is 5.92 Å². The molecule has 2 aromatic rings. The lowest BCUT2D eigenvalue weighted by molar-refractivity contribution is -0.117. The summed E-state index contributed by atoms with van der Waals surface area (Å²) in [5, 5.41) is 3.05. The molecule has 0 radical (unpaired) electrons. The number of benzene rings is 2. The molecule has 1 aliphatic heterocycles. The van der Waals surface area contributed by atoms with Crippen molar-refractivity contribution in [1.82, 2.24) is 10.2 Å². The molecule has 0 bridgehead atoms. The Hall–Kier alpha value is -2.53. The zero-order valence-corrected chi connectivity index (χ0v) is 18.7. The molecule has 1 aliphatic carbocycles. The van der Waals surface area contributed by atoms with E-state index in [1.165, 1.54) is 48.3 Å². The summed E-state index contributed by atoms with van der Waals surface area (Å²) in [6.45, 7) is 5.51. The van der Waals surface area contributed by atoms with Crippen molar-refractivity contribution >= 4 is 12.0 Å². The Morgan fingerprint density at radius 3 is 2.41 bits per heavy atom. The van der Waals surface area contributed by atoms with Crippen molar-refractivity contribution < 1.29 is 13.6 Å². The van der Waals surface area contributed by atoms with Gasteiger partial charge in [0, 0.05) is 24.7 Å². The first kappa shape index (κ1) is 22.7. The predicted octanol–water partition coefficient (Wildman–Crippen LogP) is 5.45. The first-order chi connectivity index (χ1) is 15.4. The first-order valence-electron chi connectivity index (χ1n) is 11.7. The second kappa shape index (κ2) is 10.4. The predicted molar refractivity (Wildman–Crippen MR) is 124 cm³/mol. The summed E-state index contributed by atoms with van der Waals surface area (Å²) in [5.74, 6) is -0.226. The molecule has 1 heterocycles. The summed E-state index contributed by atoms with van der Waals surface area (Å²) in [6.07, 6.45) is 8.33. The molecule has 2 aromatic carbocycles. The number of hydrogen-bond acceptors (Lipinski definition) is 2. The Balaban J connectivity index is 1.19. The Kier molecular flexibility index (Phi) is 7.36. The molecule has 2 aliphatic rings. The van der Waals surface area contributed by atoms with Gasteiger partial charge in [-0.05, 0) is 93.3 Å². The SMILES string of the molecule is Cc1ccc(C2CCN(C[C@@H]3CC[C@H](NC(=O)/C=C/c4cc(F)cc(F)c4)C3)CC2)cc1. The highest BCUT2D eigenvalue weighted by Gasteiger charge is 2.28. The van der Waals surface area contributed by atoms with E-state index in [0.717, 1.165) is 45.0 Å². The molecule has 1 N–H and O–H groups in total. The summed E-state index contributed by atoms with van der Waals surface area (Å²) in [4.78, 5) is 14.8. The van der Waals surface area contributed by atoms with Crippen LogP contribution in [0.1, 0.15) is 54.7 Å². The molecule has 32 heavy (non-hydrogen) atoms. The summed E-state index contributed by atoms with van der Waals surface area (Å²) in [7, 11) is 0. The van der Waals surface area contributed by atoms with Gasteiger partial charge in [-0.3, -0.25) is 4.79 Å². The Labute approximate surface area is 189 Å². The van der Waals surface area contributed by atoms with E-state index in [4.69, 9.17) is 0 Å². The van der Waals surface area contributed by atoms with Crippen LogP contribution in [0.15, 0.2) is 48.5 Å². The lowest BCUT2D eigenvalue weighted by Crippen LogP contribution is -2.37. The minimum Gasteiger partial charge on any atom is -0.350 e. The molecule has 1 saturated carbocycles. The van der Waals surface area contributed by atoms with E-state index in [1.807, 2.05) is 0 Å². The second-order valence-electron chi connectivity index (χ2n) is 9.41. The van der Waals surface area contributed by atoms with Crippen LogP contribution in [-0.2, 0) is 4.79 Å². The fourth-order valence-corrected chi connectivity index (χ4v) is 5.12. The number of nitrogens with zero attached hydrogens (tertiary/aromatic N) is 1. The summed E-state index contributed by atoms with van der Waals surface area (Å²) in [5.41, 5.74) is 3.12. The fourth-order valence-electron chi connectivity index (χ4n) is 5.12. The van der Waals surface area contributed by atoms with Gasteiger partial charge in [-0.25, -0.2) is 8.78 Å². The Morgan fingerprint density at radius 1 is 1.03 bits per heavy atom. The Bertz CT molecular complexity index is 928. The van der Waals surface area contributed by atoms with Gasteiger partial charge in [-0.2, -0.15) is 0 Å². The van der Waals surface area contributed by atoms with Gasteiger partial charge in [-0.1, -0.05) is 29.8 Å². The standard InChI is InChI=1S/C27H32F2N2O/c1-19-2-6-22(7-3-19)23-10-12-31(13-11-23)18-21-4-8-26(16-21)30-27(32)9-5-20-14-24(28)17-25(29)15-20/h2-3,5-7,9,14-15,17,21,23,26H,4,8,10-13,16,18H2,1H3,(H,30,32)/b9-5+/t21-,26+/m1/s1. The zero-order valence-electron chi connectivity index (χ0n) is 18.7. The molecule has 1 saturated heterocycles. The molecule has 4 rings (SSSR count). The van der Waals surface area contributed by atoms with Gasteiger partial charge in [0.25, 0.3) is 0 Å². The maximum atomic E-state index is 13.3. The summed E-state index contributed by atoms with van der Waals surface area (Å²) >= 11 is 0. The number of amides is 1. The molecule has 5 heteroatoms.